The fourth-order valence-electron chi connectivity index (χ4n) is 2.49. The molecule has 94 valence electrons. The Morgan fingerprint density at radius 2 is 2.06 bits per heavy atom. The molecule has 0 aliphatic carbocycles. The number of ether oxygens (including phenoxy) is 1. The van der Waals surface area contributed by atoms with Crippen LogP contribution in [-0.2, 0) is 4.74 Å². The van der Waals surface area contributed by atoms with Gasteiger partial charge >= 0.3 is 0 Å². The monoisotopic (exact) mass is 252 g/mol. The van der Waals surface area contributed by atoms with Crippen LogP contribution in [0, 0.1) is 6.92 Å². The Hall–Kier alpha value is -0.530. The van der Waals surface area contributed by atoms with E-state index in [2.05, 4.69) is 32.9 Å². The maximum absolute atomic E-state index is 6.07. The van der Waals surface area contributed by atoms with Crippen LogP contribution in [0.4, 0.5) is 0 Å². The van der Waals surface area contributed by atoms with Gasteiger partial charge in [0.25, 0.3) is 0 Å². The van der Waals surface area contributed by atoms with Crippen LogP contribution in [0.2, 0.25) is 5.02 Å². The summed E-state index contributed by atoms with van der Waals surface area (Å²) in [6, 6.07) is 6.40. The van der Waals surface area contributed by atoms with Gasteiger partial charge in [-0.15, -0.1) is 0 Å². The first-order chi connectivity index (χ1) is 8.15. The maximum Gasteiger partial charge on any atom is 0.0847 e. The van der Waals surface area contributed by atoms with Gasteiger partial charge in [-0.2, -0.15) is 0 Å². The quantitative estimate of drug-likeness (QED) is 0.692. The zero-order chi connectivity index (χ0) is 12.4. The first-order valence-electron chi connectivity index (χ1n) is 6.57. The Morgan fingerprint density at radius 3 is 2.59 bits per heavy atom. The standard InChI is InChI=1S/C15H21ClO/c1-4-11(9-15-14(5-2)17-15)12-6-7-13(16)10(3)8-12/h6-8,11,14-15H,4-5,9H2,1-3H3. The van der Waals surface area contributed by atoms with Crippen molar-refractivity contribution in [2.75, 3.05) is 0 Å². The molecule has 1 aliphatic rings. The van der Waals surface area contributed by atoms with Crippen LogP contribution in [0.1, 0.15) is 50.2 Å². The predicted octanol–water partition coefficient (Wildman–Crippen LogP) is 4.71. The Kier molecular flexibility index (Phi) is 4.11. The number of rotatable bonds is 5. The number of epoxide rings is 1. The molecule has 1 aliphatic heterocycles. The first-order valence-corrected chi connectivity index (χ1v) is 6.95. The molecule has 2 rings (SSSR count). The molecule has 0 N–H and O–H groups in total. The summed E-state index contributed by atoms with van der Waals surface area (Å²) in [4.78, 5) is 0. The van der Waals surface area contributed by atoms with Crippen molar-refractivity contribution in [2.45, 2.75) is 58.2 Å². The first kappa shape index (κ1) is 12.9. The summed E-state index contributed by atoms with van der Waals surface area (Å²) >= 11 is 6.07. The Morgan fingerprint density at radius 1 is 1.29 bits per heavy atom. The van der Waals surface area contributed by atoms with Crippen molar-refractivity contribution < 1.29 is 4.74 Å². The van der Waals surface area contributed by atoms with Gasteiger partial charge in [0.2, 0.25) is 0 Å². The lowest BCUT2D eigenvalue weighted by atomic mass is 9.90. The Labute approximate surface area is 109 Å². The van der Waals surface area contributed by atoms with Crippen molar-refractivity contribution in [3.05, 3.63) is 34.3 Å². The van der Waals surface area contributed by atoms with Crippen LogP contribution < -0.4 is 0 Å². The van der Waals surface area contributed by atoms with E-state index in [0.717, 1.165) is 24.3 Å². The molecular weight excluding hydrogens is 232 g/mol. The second-order valence-corrected chi connectivity index (χ2v) is 5.38. The summed E-state index contributed by atoms with van der Waals surface area (Å²) < 4.78 is 5.65. The molecule has 0 bridgehead atoms. The molecule has 0 radical (unpaired) electrons. The molecule has 1 aromatic rings. The van der Waals surface area contributed by atoms with Crippen LogP contribution in [-0.4, -0.2) is 12.2 Å². The second kappa shape index (κ2) is 5.41. The summed E-state index contributed by atoms with van der Waals surface area (Å²) in [7, 11) is 0. The summed E-state index contributed by atoms with van der Waals surface area (Å²) in [5.74, 6) is 0.604. The normalized spacial score (nSPS) is 24.7. The molecule has 0 aromatic heterocycles. The van der Waals surface area contributed by atoms with Gasteiger partial charge in [-0.3, -0.25) is 0 Å². The number of hydrogen-bond donors (Lipinski definition) is 0. The van der Waals surface area contributed by atoms with Crippen LogP contribution in [0.25, 0.3) is 0 Å². The topological polar surface area (TPSA) is 12.5 Å². The van der Waals surface area contributed by atoms with Gasteiger partial charge in [0, 0.05) is 5.02 Å². The second-order valence-electron chi connectivity index (χ2n) is 4.97. The number of halogens is 1. The molecule has 1 nitrogen and oxygen atoms in total. The highest BCUT2D eigenvalue weighted by Crippen LogP contribution is 2.36. The van der Waals surface area contributed by atoms with Gasteiger partial charge < -0.3 is 4.74 Å². The predicted molar refractivity (Wildman–Crippen MR) is 72.8 cm³/mol. The van der Waals surface area contributed by atoms with Crippen LogP contribution in [0.3, 0.4) is 0 Å². The van der Waals surface area contributed by atoms with Crippen molar-refractivity contribution in [1.29, 1.82) is 0 Å². The van der Waals surface area contributed by atoms with E-state index in [9.17, 15) is 0 Å². The average Bonchev–Trinajstić information content (AvgIpc) is 3.08. The molecule has 17 heavy (non-hydrogen) atoms. The fourth-order valence-corrected chi connectivity index (χ4v) is 2.60. The molecule has 2 heteroatoms. The zero-order valence-electron chi connectivity index (χ0n) is 10.9. The summed E-state index contributed by atoms with van der Waals surface area (Å²) in [5, 5.41) is 0.859. The minimum absolute atomic E-state index is 0.487. The minimum atomic E-state index is 0.487. The zero-order valence-corrected chi connectivity index (χ0v) is 11.6. The molecule has 1 aromatic carbocycles. The minimum Gasteiger partial charge on any atom is -0.370 e. The van der Waals surface area contributed by atoms with Crippen molar-refractivity contribution in [1.82, 2.24) is 0 Å². The summed E-state index contributed by atoms with van der Waals surface area (Å²) in [6.07, 6.45) is 4.45. The molecular formula is C15H21ClO. The largest absolute Gasteiger partial charge is 0.370 e. The van der Waals surface area contributed by atoms with E-state index in [1.807, 2.05) is 6.07 Å². The molecule has 1 saturated heterocycles. The average molecular weight is 253 g/mol. The van der Waals surface area contributed by atoms with E-state index in [1.165, 1.54) is 11.1 Å². The third-order valence-corrected chi connectivity index (χ3v) is 4.18. The molecule has 1 heterocycles. The van der Waals surface area contributed by atoms with E-state index in [0.29, 0.717) is 18.1 Å². The van der Waals surface area contributed by atoms with E-state index in [1.54, 1.807) is 0 Å². The van der Waals surface area contributed by atoms with Gasteiger partial charge in [-0.1, -0.05) is 37.6 Å². The Bertz CT molecular complexity index is 389. The lowest BCUT2D eigenvalue weighted by Crippen LogP contribution is -2.04. The van der Waals surface area contributed by atoms with Crippen molar-refractivity contribution >= 4 is 11.6 Å². The van der Waals surface area contributed by atoms with E-state index >= 15 is 0 Å². The van der Waals surface area contributed by atoms with E-state index < -0.39 is 0 Å². The van der Waals surface area contributed by atoms with Gasteiger partial charge in [0.1, 0.15) is 0 Å². The highest BCUT2D eigenvalue weighted by atomic mass is 35.5. The van der Waals surface area contributed by atoms with Gasteiger partial charge in [-0.05, 0) is 49.3 Å². The third-order valence-electron chi connectivity index (χ3n) is 3.75. The van der Waals surface area contributed by atoms with Gasteiger partial charge in [0.15, 0.2) is 0 Å². The van der Waals surface area contributed by atoms with E-state index in [-0.39, 0.29) is 0 Å². The number of hydrogen-bond acceptors (Lipinski definition) is 1. The molecule has 0 amide bonds. The molecule has 0 spiro atoms. The van der Waals surface area contributed by atoms with Crippen LogP contribution in [0.5, 0.6) is 0 Å². The smallest absolute Gasteiger partial charge is 0.0847 e. The summed E-state index contributed by atoms with van der Waals surface area (Å²) in [5.41, 5.74) is 2.58. The fraction of sp³-hybridized carbons (Fsp3) is 0.600. The van der Waals surface area contributed by atoms with Gasteiger partial charge in [0.05, 0.1) is 12.2 Å². The SMILES string of the molecule is CCC(CC1OC1CC)c1ccc(Cl)c(C)c1. The molecule has 0 saturated carbocycles. The van der Waals surface area contributed by atoms with Crippen molar-refractivity contribution in [3.63, 3.8) is 0 Å². The number of benzene rings is 1. The Balaban J connectivity index is 2.04. The molecule has 3 unspecified atom stereocenters. The van der Waals surface area contributed by atoms with Crippen molar-refractivity contribution in [2.24, 2.45) is 0 Å². The highest BCUT2D eigenvalue weighted by molar-refractivity contribution is 6.31. The van der Waals surface area contributed by atoms with Crippen LogP contribution in [0.15, 0.2) is 18.2 Å². The third kappa shape index (κ3) is 3.02. The molecule has 3 atom stereocenters. The maximum atomic E-state index is 6.07. The molecule has 1 fully saturated rings. The number of aryl methyl sites for hydroxylation is 1. The lowest BCUT2D eigenvalue weighted by Gasteiger charge is -2.15. The van der Waals surface area contributed by atoms with Gasteiger partial charge in [-0.25, -0.2) is 0 Å². The van der Waals surface area contributed by atoms with E-state index in [4.69, 9.17) is 16.3 Å². The van der Waals surface area contributed by atoms with Crippen LogP contribution >= 0.6 is 11.6 Å². The summed E-state index contributed by atoms with van der Waals surface area (Å²) in [6.45, 7) is 6.51. The van der Waals surface area contributed by atoms with Crippen molar-refractivity contribution in [3.8, 4) is 0 Å². The lowest BCUT2D eigenvalue weighted by molar-refractivity contribution is 0.349. The highest BCUT2D eigenvalue weighted by Gasteiger charge is 2.38.